The van der Waals surface area contributed by atoms with E-state index in [0.717, 1.165) is 30.3 Å². The third-order valence-electron chi connectivity index (χ3n) is 3.93. The molecule has 0 radical (unpaired) electrons. The number of benzene rings is 1. The van der Waals surface area contributed by atoms with Gasteiger partial charge in [0.2, 0.25) is 0 Å². The van der Waals surface area contributed by atoms with Crippen molar-refractivity contribution in [2.24, 2.45) is 5.92 Å². The molecule has 1 aliphatic rings. The van der Waals surface area contributed by atoms with Crippen LogP contribution in [-0.2, 0) is 0 Å². The zero-order valence-electron chi connectivity index (χ0n) is 12.2. The maximum Gasteiger partial charge on any atom is 0.256 e. The SMILES string of the molecule is CCCN(CC1CC1)C(=O)c1cnc(Cl)c2ccccc12. The van der Waals surface area contributed by atoms with Crippen LogP contribution in [0.25, 0.3) is 10.8 Å². The predicted octanol–water partition coefficient (Wildman–Crippen LogP) is 4.15. The summed E-state index contributed by atoms with van der Waals surface area (Å²) in [6.45, 7) is 3.77. The summed E-state index contributed by atoms with van der Waals surface area (Å²) in [4.78, 5) is 19.0. The number of halogens is 1. The van der Waals surface area contributed by atoms with Gasteiger partial charge in [0, 0.05) is 24.7 Å². The van der Waals surface area contributed by atoms with Crippen molar-refractivity contribution < 1.29 is 4.79 Å². The molecule has 1 heterocycles. The van der Waals surface area contributed by atoms with E-state index in [1.54, 1.807) is 6.20 Å². The molecule has 0 atom stereocenters. The highest BCUT2D eigenvalue weighted by Crippen LogP contribution is 2.31. The molecule has 1 aliphatic carbocycles. The van der Waals surface area contributed by atoms with E-state index >= 15 is 0 Å². The summed E-state index contributed by atoms with van der Waals surface area (Å²) in [6.07, 6.45) is 5.07. The van der Waals surface area contributed by atoms with Crippen LogP contribution in [0, 0.1) is 5.92 Å². The topological polar surface area (TPSA) is 33.2 Å². The summed E-state index contributed by atoms with van der Waals surface area (Å²) in [5, 5.41) is 2.18. The Labute approximate surface area is 129 Å². The summed E-state index contributed by atoms with van der Waals surface area (Å²) in [5.74, 6) is 0.760. The smallest absolute Gasteiger partial charge is 0.256 e. The molecule has 4 heteroatoms. The minimum atomic E-state index is 0.0733. The lowest BCUT2D eigenvalue weighted by Gasteiger charge is -2.22. The fourth-order valence-electron chi connectivity index (χ4n) is 2.66. The van der Waals surface area contributed by atoms with Crippen LogP contribution in [0.1, 0.15) is 36.5 Å². The first kappa shape index (κ1) is 14.3. The molecule has 0 saturated heterocycles. The van der Waals surface area contributed by atoms with Crippen molar-refractivity contribution in [1.82, 2.24) is 9.88 Å². The molecule has 1 amide bonds. The number of pyridine rings is 1. The lowest BCUT2D eigenvalue weighted by molar-refractivity contribution is 0.0749. The Morgan fingerprint density at radius 3 is 2.71 bits per heavy atom. The molecule has 0 aliphatic heterocycles. The van der Waals surface area contributed by atoms with Gasteiger partial charge in [0.05, 0.1) is 5.56 Å². The summed E-state index contributed by atoms with van der Waals surface area (Å²) >= 11 is 6.13. The molecule has 3 nitrogen and oxygen atoms in total. The summed E-state index contributed by atoms with van der Waals surface area (Å²) < 4.78 is 0. The van der Waals surface area contributed by atoms with Gasteiger partial charge in [-0.25, -0.2) is 4.98 Å². The van der Waals surface area contributed by atoms with Gasteiger partial charge in [0.1, 0.15) is 5.15 Å². The van der Waals surface area contributed by atoms with Crippen molar-refractivity contribution in [2.75, 3.05) is 13.1 Å². The second-order valence-electron chi connectivity index (χ2n) is 5.70. The second kappa shape index (κ2) is 6.02. The van der Waals surface area contributed by atoms with Gasteiger partial charge in [-0.3, -0.25) is 4.79 Å². The van der Waals surface area contributed by atoms with Crippen molar-refractivity contribution in [1.29, 1.82) is 0 Å². The number of nitrogens with zero attached hydrogens (tertiary/aromatic N) is 2. The first-order valence-corrected chi connectivity index (χ1v) is 7.91. The molecule has 1 saturated carbocycles. The highest BCUT2D eigenvalue weighted by Gasteiger charge is 2.27. The van der Waals surface area contributed by atoms with E-state index < -0.39 is 0 Å². The van der Waals surface area contributed by atoms with E-state index in [-0.39, 0.29) is 5.91 Å². The average molecular weight is 303 g/mol. The quantitative estimate of drug-likeness (QED) is 0.777. The standard InChI is InChI=1S/C17H19ClN2O/c1-2-9-20(11-12-7-8-12)17(21)15-10-19-16(18)14-6-4-3-5-13(14)15/h3-6,10,12H,2,7-9,11H2,1H3. The highest BCUT2D eigenvalue weighted by atomic mass is 35.5. The number of carbonyl (C=O) groups is 1. The van der Waals surface area contributed by atoms with Gasteiger partial charge in [0.25, 0.3) is 5.91 Å². The Bertz CT molecular complexity index is 667. The number of rotatable bonds is 5. The molecule has 0 N–H and O–H groups in total. The van der Waals surface area contributed by atoms with Crippen LogP contribution in [0.2, 0.25) is 5.15 Å². The molecule has 21 heavy (non-hydrogen) atoms. The third kappa shape index (κ3) is 3.03. The van der Waals surface area contributed by atoms with Gasteiger partial charge >= 0.3 is 0 Å². The van der Waals surface area contributed by atoms with Gasteiger partial charge in [-0.05, 0) is 30.6 Å². The number of hydrogen-bond acceptors (Lipinski definition) is 2. The number of hydrogen-bond donors (Lipinski definition) is 0. The minimum absolute atomic E-state index is 0.0733. The number of aromatic nitrogens is 1. The summed E-state index contributed by atoms with van der Waals surface area (Å²) in [6, 6.07) is 7.70. The number of fused-ring (bicyclic) bond motifs is 1. The Morgan fingerprint density at radius 1 is 1.33 bits per heavy atom. The third-order valence-corrected chi connectivity index (χ3v) is 4.23. The van der Waals surface area contributed by atoms with Crippen molar-refractivity contribution in [3.8, 4) is 0 Å². The highest BCUT2D eigenvalue weighted by molar-refractivity contribution is 6.34. The summed E-state index contributed by atoms with van der Waals surface area (Å²) in [7, 11) is 0. The summed E-state index contributed by atoms with van der Waals surface area (Å²) in [5.41, 5.74) is 0.657. The zero-order valence-corrected chi connectivity index (χ0v) is 12.9. The van der Waals surface area contributed by atoms with E-state index in [4.69, 9.17) is 11.6 Å². The van der Waals surface area contributed by atoms with E-state index in [2.05, 4.69) is 11.9 Å². The minimum Gasteiger partial charge on any atom is -0.338 e. The zero-order chi connectivity index (χ0) is 14.8. The molecule has 1 aromatic heterocycles. The molecule has 0 spiro atoms. The molecule has 1 aromatic carbocycles. The van der Waals surface area contributed by atoms with Crippen LogP contribution in [-0.4, -0.2) is 28.9 Å². The van der Waals surface area contributed by atoms with E-state index in [1.807, 2.05) is 29.2 Å². The van der Waals surface area contributed by atoms with Gasteiger partial charge in [-0.1, -0.05) is 42.8 Å². The Hall–Kier alpha value is -1.61. The van der Waals surface area contributed by atoms with Crippen LogP contribution in [0.5, 0.6) is 0 Å². The second-order valence-corrected chi connectivity index (χ2v) is 6.06. The van der Waals surface area contributed by atoms with E-state index in [1.165, 1.54) is 12.8 Å². The Kier molecular flexibility index (Phi) is 4.11. The number of carbonyl (C=O) groups excluding carboxylic acids is 1. The maximum absolute atomic E-state index is 12.9. The van der Waals surface area contributed by atoms with Crippen molar-refractivity contribution >= 4 is 28.3 Å². The molecular weight excluding hydrogens is 284 g/mol. The van der Waals surface area contributed by atoms with Crippen LogP contribution in [0.3, 0.4) is 0 Å². The van der Waals surface area contributed by atoms with E-state index in [0.29, 0.717) is 16.6 Å². The fraction of sp³-hybridized carbons (Fsp3) is 0.412. The van der Waals surface area contributed by atoms with Crippen molar-refractivity contribution in [3.05, 3.63) is 41.2 Å². The predicted molar refractivity (Wildman–Crippen MR) is 85.7 cm³/mol. The molecule has 110 valence electrons. The van der Waals surface area contributed by atoms with Gasteiger partial charge in [-0.2, -0.15) is 0 Å². The molecule has 0 bridgehead atoms. The lowest BCUT2D eigenvalue weighted by atomic mass is 10.1. The van der Waals surface area contributed by atoms with Crippen molar-refractivity contribution in [3.63, 3.8) is 0 Å². The normalized spacial score (nSPS) is 14.4. The monoisotopic (exact) mass is 302 g/mol. The van der Waals surface area contributed by atoms with Crippen molar-refractivity contribution in [2.45, 2.75) is 26.2 Å². The number of amides is 1. The lowest BCUT2D eigenvalue weighted by Crippen LogP contribution is -2.33. The first-order chi connectivity index (χ1) is 10.2. The van der Waals surface area contributed by atoms with Crippen LogP contribution in [0.4, 0.5) is 0 Å². The molecular formula is C17H19ClN2O. The van der Waals surface area contributed by atoms with Gasteiger partial charge in [-0.15, -0.1) is 0 Å². The molecule has 0 unspecified atom stereocenters. The largest absolute Gasteiger partial charge is 0.338 e. The molecule has 2 aromatic rings. The van der Waals surface area contributed by atoms with Crippen LogP contribution >= 0.6 is 11.6 Å². The van der Waals surface area contributed by atoms with Gasteiger partial charge < -0.3 is 4.90 Å². The molecule has 3 rings (SSSR count). The van der Waals surface area contributed by atoms with Crippen LogP contribution in [0.15, 0.2) is 30.5 Å². The maximum atomic E-state index is 12.9. The molecule has 1 fully saturated rings. The fourth-order valence-corrected chi connectivity index (χ4v) is 2.87. The average Bonchev–Trinajstić information content (AvgIpc) is 3.31. The Morgan fingerprint density at radius 2 is 2.05 bits per heavy atom. The van der Waals surface area contributed by atoms with E-state index in [9.17, 15) is 4.79 Å². The first-order valence-electron chi connectivity index (χ1n) is 7.53. The van der Waals surface area contributed by atoms with Crippen LogP contribution < -0.4 is 0 Å². The Balaban J connectivity index is 1.97. The van der Waals surface area contributed by atoms with Gasteiger partial charge in [0.15, 0.2) is 0 Å².